The molecule has 0 aliphatic carbocycles. The number of nitrogens with zero attached hydrogens (tertiary/aromatic N) is 6. The van der Waals surface area contributed by atoms with Crippen LogP contribution in [-0.4, -0.2) is 73.9 Å². The molecule has 5 rings (SSSR count). The SMILES string of the molecule is Nc1nc(=S)c2[nH]cnc2[nH]1.Nc1nc2c(nnn2[C@H]2C[C@H](O)[C@@H](CO)O2)c(=O)[nH]1. The Morgan fingerprint density at radius 2 is 2.07 bits per heavy atom. The van der Waals surface area contributed by atoms with Gasteiger partial charge in [-0.25, -0.2) is 9.97 Å². The van der Waals surface area contributed by atoms with Crippen LogP contribution >= 0.6 is 12.2 Å². The number of rotatable bonds is 2. The van der Waals surface area contributed by atoms with Crippen LogP contribution in [-0.2, 0) is 4.74 Å². The molecule has 3 atom stereocenters. The average molecular weight is 435 g/mol. The lowest BCUT2D eigenvalue weighted by Crippen LogP contribution is -2.24. The van der Waals surface area contributed by atoms with Gasteiger partial charge in [-0.2, -0.15) is 9.67 Å². The molecule has 0 saturated carbocycles. The van der Waals surface area contributed by atoms with Gasteiger partial charge in [0.15, 0.2) is 27.7 Å². The van der Waals surface area contributed by atoms with Crippen molar-refractivity contribution >= 4 is 46.4 Å². The zero-order valence-electron chi connectivity index (χ0n) is 15.2. The predicted molar refractivity (Wildman–Crippen MR) is 105 cm³/mol. The molecule has 1 aliphatic rings. The molecule has 158 valence electrons. The molecule has 0 amide bonds. The summed E-state index contributed by atoms with van der Waals surface area (Å²) < 4.78 is 7.14. The summed E-state index contributed by atoms with van der Waals surface area (Å²) in [6.07, 6.45) is -0.390. The molecule has 0 spiro atoms. The van der Waals surface area contributed by atoms with Gasteiger partial charge in [-0.05, 0) is 0 Å². The third-order valence-electron chi connectivity index (χ3n) is 4.33. The number of aliphatic hydroxyl groups excluding tert-OH is 2. The minimum Gasteiger partial charge on any atom is -0.394 e. The van der Waals surface area contributed by atoms with Crippen molar-refractivity contribution in [3.63, 3.8) is 0 Å². The molecule has 1 saturated heterocycles. The van der Waals surface area contributed by atoms with E-state index in [1.54, 1.807) is 0 Å². The highest BCUT2D eigenvalue weighted by Crippen LogP contribution is 2.29. The highest BCUT2D eigenvalue weighted by atomic mass is 32.1. The number of ether oxygens (including phenoxy) is 1. The number of nitrogen functional groups attached to an aromatic ring is 2. The van der Waals surface area contributed by atoms with Crippen molar-refractivity contribution in [2.45, 2.75) is 24.9 Å². The number of nitrogens with one attached hydrogen (secondary N) is 3. The highest BCUT2D eigenvalue weighted by Gasteiger charge is 2.36. The van der Waals surface area contributed by atoms with Crippen LogP contribution in [0.2, 0.25) is 0 Å². The van der Waals surface area contributed by atoms with Gasteiger partial charge in [0.2, 0.25) is 11.9 Å². The molecule has 5 heterocycles. The summed E-state index contributed by atoms with van der Waals surface area (Å²) in [4.78, 5) is 31.3. The number of aromatic nitrogens is 9. The highest BCUT2D eigenvalue weighted by molar-refractivity contribution is 7.71. The maximum atomic E-state index is 11.6. The number of nitrogens with two attached hydrogens (primary N) is 2. The summed E-state index contributed by atoms with van der Waals surface area (Å²) in [7, 11) is 0. The summed E-state index contributed by atoms with van der Waals surface area (Å²) in [5, 5.41) is 26.2. The van der Waals surface area contributed by atoms with Gasteiger partial charge >= 0.3 is 0 Å². The second-order valence-corrected chi connectivity index (χ2v) is 6.71. The molecule has 1 fully saturated rings. The van der Waals surface area contributed by atoms with Gasteiger partial charge in [0.25, 0.3) is 5.56 Å². The molecular weight excluding hydrogens is 418 g/mol. The summed E-state index contributed by atoms with van der Waals surface area (Å²) in [5.41, 5.74) is 11.9. The molecule has 4 aromatic rings. The zero-order chi connectivity index (χ0) is 21.4. The number of H-pyrrole nitrogens is 3. The summed E-state index contributed by atoms with van der Waals surface area (Å²) in [6.45, 7) is -0.305. The van der Waals surface area contributed by atoms with E-state index < -0.39 is 24.0 Å². The Balaban J connectivity index is 0.000000168. The largest absolute Gasteiger partial charge is 0.394 e. The Bertz CT molecular complexity index is 1310. The lowest BCUT2D eigenvalue weighted by Gasteiger charge is -2.11. The molecule has 0 unspecified atom stereocenters. The lowest BCUT2D eigenvalue weighted by atomic mass is 10.2. The van der Waals surface area contributed by atoms with Crippen molar-refractivity contribution in [2.24, 2.45) is 0 Å². The molecule has 4 aromatic heterocycles. The van der Waals surface area contributed by atoms with E-state index in [1.807, 2.05) is 0 Å². The van der Waals surface area contributed by atoms with E-state index in [0.717, 1.165) is 0 Å². The third-order valence-corrected chi connectivity index (χ3v) is 4.63. The Morgan fingerprint density at radius 3 is 2.80 bits per heavy atom. The first kappa shape index (κ1) is 19.8. The van der Waals surface area contributed by atoms with Gasteiger partial charge in [0.05, 0.1) is 19.0 Å². The molecular formula is C14H17N11O4S. The van der Waals surface area contributed by atoms with Crippen LogP contribution in [0.1, 0.15) is 12.6 Å². The van der Waals surface area contributed by atoms with Crippen molar-refractivity contribution in [1.29, 1.82) is 0 Å². The number of hydrogen-bond donors (Lipinski definition) is 7. The summed E-state index contributed by atoms with van der Waals surface area (Å²) >= 11 is 4.91. The summed E-state index contributed by atoms with van der Waals surface area (Å²) in [5.74, 6) is 0.230. The first-order valence-electron chi connectivity index (χ1n) is 8.61. The molecule has 16 heteroatoms. The lowest BCUT2D eigenvalue weighted by molar-refractivity contribution is -0.0476. The Kier molecular flexibility index (Phi) is 5.12. The molecule has 0 bridgehead atoms. The molecule has 1 aliphatic heterocycles. The fraction of sp³-hybridized carbons (Fsp3) is 0.357. The van der Waals surface area contributed by atoms with E-state index in [4.69, 9.17) is 33.5 Å². The van der Waals surface area contributed by atoms with Crippen LogP contribution in [0.3, 0.4) is 0 Å². The quantitative estimate of drug-likeness (QED) is 0.175. The van der Waals surface area contributed by atoms with Crippen LogP contribution in [0.4, 0.5) is 11.9 Å². The first-order chi connectivity index (χ1) is 14.4. The molecule has 9 N–H and O–H groups in total. The van der Waals surface area contributed by atoms with Crippen LogP contribution in [0.25, 0.3) is 22.3 Å². The smallest absolute Gasteiger partial charge is 0.282 e. The molecule has 15 nitrogen and oxygen atoms in total. The van der Waals surface area contributed by atoms with Crippen LogP contribution in [0.15, 0.2) is 11.1 Å². The Morgan fingerprint density at radius 1 is 1.30 bits per heavy atom. The van der Waals surface area contributed by atoms with Gasteiger partial charge in [-0.15, -0.1) is 5.10 Å². The van der Waals surface area contributed by atoms with Crippen LogP contribution in [0, 0.1) is 4.64 Å². The zero-order valence-corrected chi connectivity index (χ0v) is 16.0. The topological polar surface area (TPSA) is 236 Å². The number of imidazole rings is 1. The van der Waals surface area contributed by atoms with E-state index in [-0.39, 0.29) is 36.1 Å². The predicted octanol–water partition coefficient (Wildman–Crippen LogP) is -1.66. The van der Waals surface area contributed by atoms with Crippen LogP contribution < -0.4 is 17.0 Å². The number of anilines is 2. The van der Waals surface area contributed by atoms with E-state index >= 15 is 0 Å². The standard InChI is InChI=1S/C9H12N6O4.C5H5N5S/c10-9-11-7-6(8(18)12-9)13-14-15(7)5-1-3(17)4(2-16)19-5;6-5-9-3-2(4(11)10-5)7-1-8-3/h3-5,16-17H,1-2H2,(H3,10,11,12,18);1H,(H4,6,7,8,9,10,11)/t3-,4+,5+;/m0./s1. The fourth-order valence-electron chi connectivity index (χ4n) is 2.95. The third kappa shape index (κ3) is 3.59. The van der Waals surface area contributed by atoms with E-state index in [0.29, 0.717) is 15.8 Å². The normalized spacial score (nSPS) is 21.1. The molecule has 30 heavy (non-hydrogen) atoms. The number of aromatic amines is 3. The Hall–Kier alpha value is -3.47. The minimum absolute atomic E-state index is 0.0414. The van der Waals surface area contributed by atoms with Gasteiger partial charge in [-0.3, -0.25) is 9.78 Å². The monoisotopic (exact) mass is 435 g/mol. The van der Waals surface area contributed by atoms with E-state index in [2.05, 4.69) is 40.2 Å². The maximum Gasteiger partial charge on any atom is 0.282 e. The average Bonchev–Trinajstić information content (AvgIpc) is 3.40. The van der Waals surface area contributed by atoms with Gasteiger partial charge in [0.1, 0.15) is 11.6 Å². The second-order valence-electron chi connectivity index (χ2n) is 6.33. The fourth-order valence-corrected chi connectivity index (χ4v) is 3.20. The van der Waals surface area contributed by atoms with Crippen molar-refractivity contribution in [2.75, 3.05) is 18.1 Å². The van der Waals surface area contributed by atoms with Crippen LogP contribution in [0.5, 0.6) is 0 Å². The molecule has 0 radical (unpaired) electrons. The molecule has 0 aromatic carbocycles. The van der Waals surface area contributed by atoms with Gasteiger partial charge < -0.3 is 36.4 Å². The van der Waals surface area contributed by atoms with Crippen molar-refractivity contribution < 1.29 is 14.9 Å². The number of hydrogen-bond acceptors (Lipinski definition) is 12. The second kappa shape index (κ2) is 7.75. The first-order valence-corrected chi connectivity index (χ1v) is 9.02. The van der Waals surface area contributed by atoms with Crippen molar-refractivity contribution in [3.05, 3.63) is 21.3 Å². The number of aliphatic hydroxyl groups is 2. The van der Waals surface area contributed by atoms with Gasteiger partial charge in [-0.1, -0.05) is 17.4 Å². The maximum absolute atomic E-state index is 11.6. The number of fused-ring (bicyclic) bond motifs is 2. The minimum atomic E-state index is -0.811. The summed E-state index contributed by atoms with van der Waals surface area (Å²) in [6, 6.07) is 0. The van der Waals surface area contributed by atoms with E-state index in [1.165, 1.54) is 11.0 Å². The van der Waals surface area contributed by atoms with Crippen molar-refractivity contribution in [3.8, 4) is 0 Å². The van der Waals surface area contributed by atoms with Gasteiger partial charge in [0, 0.05) is 6.42 Å². The van der Waals surface area contributed by atoms with Crippen molar-refractivity contribution in [1.82, 2.24) is 44.9 Å². The van der Waals surface area contributed by atoms with E-state index in [9.17, 15) is 9.90 Å². The Labute approximate surface area is 171 Å².